The predicted octanol–water partition coefficient (Wildman–Crippen LogP) is 3.32. The van der Waals surface area contributed by atoms with Gasteiger partial charge >= 0.3 is 5.97 Å². The zero-order valence-electron chi connectivity index (χ0n) is 14.8. The van der Waals surface area contributed by atoms with E-state index in [1.54, 1.807) is 6.92 Å². The summed E-state index contributed by atoms with van der Waals surface area (Å²) in [5.74, 6) is -0.0879. The molecular formula is C19H27NO4. The van der Waals surface area contributed by atoms with Crippen molar-refractivity contribution in [2.75, 3.05) is 13.2 Å². The standard InChI is InChI=1S/C19H27NO4/c1-14-8-9-15(2)16(13-14)24-12-5-4-7-17(21)20-11-6-10-19(20,3)18(22)23/h8-9,13H,4-7,10-12H2,1-3H3,(H,22,23). The van der Waals surface area contributed by atoms with Gasteiger partial charge in [-0.25, -0.2) is 4.79 Å². The van der Waals surface area contributed by atoms with Crippen LogP contribution in [-0.4, -0.2) is 40.6 Å². The van der Waals surface area contributed by atoms with Gasteiger partial charge in [0.05, 0.1) is 6.61 Å². The molecule has 0 aromatic heterocycles. The van der Waals surface area contributed by atoms with Crippen molar-refractivity contribution in [3.8, 4) is 5.75 Å². The number of rotatable bonds is 7. The Kier molecular flexibility index (Phi) is 5.86. The number of aliphatic carboxylic acids is 1. The molecule has 1 atom stereocenters. The first-order valence-corrected chi connectivity index (χ1v) is 8.58. The highest BCUT2D eigenvalue weighted by atomic mass is 16.5. The van der Waals surface area contributed by atoms with Gasteiger partial charge in [0.2, 0.25) is 5.91 Å². The Hall–Kier alpha value is -2.04. The molecule has 1 aromatic carbocycles. The number of hydrogen-bond donors (Lipinski definition) is 1. The van der Waals surface area contributed by atoms with Crippen LogP contribution in [0, 0.1) is 13.8 Å². The minimum absolute atomic E-state index is 0.0656. The van der Waals surface area contributed by atoms with Crippen molar-refractivity contribution in [1.82, 2.24) is 4.90 Å². The lowest BCUT2D eigenvalue weighted by Gasteiger charge is -2.31. The van der Waals surface area contributed by atoms with Crippen LogP contribution in [0.4, 0.5) is 0 Å². The fourth-order valence-electron chi connectivity index (χ4n) is 3.14. The van der Waals surface area contributed by atoms with Gasteiger partial charge in [0.15, 0.2) is 0 Å². The lowest BCUT2D eigenvalue weighted by molar-refractivity contribution is -0.155. The molecule has 1 unspecified atom stereocenters. The molecule has 1 aliphatic rings. The van der Waals surface area contributed by atoms with Gasteiger partial charge in [-0.15, -0.1) is 0 Å². The first-order valence-electron chi connectivity index (χ1n) is 8.58. The Morgan fingerprint density at radius 2 is 2.04 bits per heavy atom. The molecule has 1 saturated heterocycles. The number of carbonyl (C=O) groups is 2. The summed E-state index contributed by atoms with van der Waals surface area (Å²) in [6.07, 6.45) is 3.14. The summed E-state index contributed by atoms with van der Waals surface area (Å²) < 4.78 is 5.79. The van der Waals surface area contributed by atoms with Crippen molar-refractivity contribution < 1.29 is 19.4 Å². The molecule has 5 heteroatoms. The van der Waals surface area contributed by atoms with Gasteiger partial charge in [-0.05, 0) is 63.6 Å². The summed E-state index contributed by atoms with van der Waals surface area (Å²) in [6, 6.07) is 6.10. The third-order valence-corrected chi connectivity index (χ3v) is 4.79. The second-order valence-electron chi connectivity index (χ2n) is 6.80. The fourth-order valence-corrected chi connectivity index (χ4v) is 3.14. The Morgan fingerprint density at radius 1 is 1.29 bits per heavy atom. The number of unbranched alkanes of at least 4 members (excludes halogenated alkanes) is 1. The van der Waals surface area contributed by atoms with Crippen LogP contribution in [0.5, 0.6) is 5.75 Å². The largest absolute Gasteiger partial charge is 0.493 e. The summed E-state index contributed by atoms with van der Waals surface area (Å²) in [4.78, 5) is 25.3. The van der Waals surface area contributed by atoms with E-state index in [0.717, 1.165) is 29.7 Å². The number of aryl methyl sites for hydroxylation is 2. The van der Waals surface area contributed by atoms with E-state index in [2.05, 4.69) is 6.07 Å². The second kappa shape index (κ2) is 7.69. The number of likely N-dealkylation sites (tertiary alicyclic amines) is 1. The van der Waals surface area contributed by atoms with Crippen LogP contribution in [0.2, 0.25) is 0 Å². The molecule has 1 N–H and O–H groups in total. The van der Waals surface area contributed by atoms with Crippen LogP contribution >= 0.6 is 0 Å². The quantitative estimate of drug-likeness (QED) is 0.777. The SMILES string of the molecule is Cc1ccc(C)c(OCCCCC(=O)N2CCCC2(C)C(=O)O)c1. The molecule has 0 aliphatic carbocycles. The first kappa shape index (κ1) is 18.3. The Bertz CT molecular complexity index is 613. The van der Waals surface area contributed by atoms with Crippen molar-refractivity contribution in [2.45, 2.75) is 58.4 Å². The summed E-state index contributed by atoms with van der Waals surface area (Å²) in [5.41, 5.74) is 1.23. The van der Waals surface area contributed by atoms with Crippen molar-refractivity contribution >= 4 is 11.9 Å². The molecular weight excluding hydrogens is 306 g/mol. The van der Waals surface area contributed by atoms with Crippen LogP contribution in [0.1, 0.15) is 50.2 Å². The highest BCUT2D eigenvalue weighted by Crippen LogP contribution is 2.30. The Balaban J connectivity index is 1.75. The number of carboxylic acid groups (broad SMARTS) is 1. The molecule has 2 rings (SSSR count). The van der Waals surface area contributed by atoms with Crippen LogP contribution < -0.4 is 4.74 Å². The highest BCUT2D eigenvalue weighted by molar-refractivity contribution is 5.87. The molecule has 0 saturated carbocycles. The molecule has 0 spiro atoms. The normalized spacial score (nSPS) is 20.2. The number of benzene rings is 1. The topological polar surface area (TPSA) is 66.8 Å². The number of amides is 1. The average molecular weight is 333 g/mol. The van der Waals surface area contributed by atoms with E-state index in [4.69, 9.17) is 4.74 Å². The van der Waals surface area contributed by atoms with Gasteiger partial charge < -0.3 is 14.7 Å². The van der Waals surface area contributed by atoms with E-state index >= 15 is 0 Å². The van der Waals surface area contributed by atoms with Gasteiger partial charge in [0.25, 0.3) is 0 Å². The number of carbonyl (C=O) groups excluding carboxylic acids is 1. The van der Waals surface area contributed by atoms with Gasteiger partial charge in [-0.2, -0.15) is 0 Å². The minimum Gasteiger partial charge on any atom is -0.493 e. The molecule has 0 radical (unpaired) electrons. The highest BCUT2D eigenvalue weighted by Gasteiger charge is 2.45. The van der Waals surface area contributed by atoms with Gasteiger partial charge in [-0.1, -0.05) is 12.1 Å². The van der Waals surface area contributed by atoms with E-state index in [0.29, 0.717) is 32.4 Å². The smallest absolute Gasteiger partial charge is 0.329 e. The van der Waals surface area contributed by atoms with E-state index < -0.39 is 11.5 Å². The lowest BCUT2D eigenvalue weighted by Crippen LogP contribution is -2.50. The maximum absolute atomic E-state index is 12.3. The van der Waals surface area contributed by atoms with E-state index in [1.165, 1.54) is 4.90 Å². The molecule has 1 fully saturated rings. The fraction of sp³-hybridized carbons (Fsp3) is 0.579. The third kappa shape index (κ3) is 4.08. The molecule has 1 heterocycles. The van der Waals surface area contributed by atoms with Crippen molar-refractivity contribution in [3.05, 3.63) is 29.3 Å². The van der Waals surface area contributed by atoms with E-state index in [1.807, 2.05) is 26.0 Å². The Morgan fingerprint density at radius 3 is 2.75 bits per heavy atom. The zero-order chi connectivity index (χ0) is 17.7. The van der Waals surface area contributed by atoms with Gasteiger partial charge in [0, 0.05) is 13.0 Å². The second-order valence-corrected chi connectivity index (χ2v) is 6.80. The van der Waals surface area contributed by atoms with Gasteiger partial charge in [-0.3, -0.25) is 4.79 Å². The van der Waals surface area contributed by atoms with Crippen LogP contribution in [0.25, 0.3) is 0 Å². The van der Waals surface area contributed by atoms with Crippen LogP contribution in [-0.2, 0) is 9.59 Å². The monoisotopic (exact) mass is 333 g/mol. The molecule has 1 amide bonds. The maximum atomic E-state index is 12.3. The van der Waals surface area contributed by atoms with Crippen LogP contribution in [0.3, 0.4) is 0 Å². The molecule has 132 valence electrons. The van der Waals surface area contributed by atoms with Crippen molar-refractivity contribution in [2.24, 2.45) is 0 Å². The lowest BCUT2D eigenvalue weighted by atomic mass is 9.99. The summed E-state index contributed by atoms with van der Waals surface area (Å²) >= 11 is 0. The molecule has 5 nitrogen and oxygen atoms in total. The molecule has 0 bridgehead atoms. The zero-order valence-corrected chi connectivity index (χ0v) is 14.8. The van der Waals surface area contributed by atoms with E-state index in [-0.39, 0.29) is 5.91 Å². The number of ether oxygens (including phenoxy) is 1. The number of nitrogens with zero attached hydrogens (tertiary/aromatic N) is 1. The maximum Gasteiger partial charge on any atom is 0.329 e. The summed E-state index contributed by atoms with van der Waals surface area (Å²) in [6.45, 7) is 6.79. The number of hydrogen-bond acceptors (Lipinski definition) is 3. The first-order chi connectivity index (χ1) is 11.3. The third-order valence-electron chi connectivity index (χ3n) is 4.79. The van der Waals surface area contributed by atoms with Crippen molar-refractivity contribution in [1.29, 1.82) is 0 Å². The molecule has 1 aromatic rings. The van der Waals surface area contributed by atoms with E-state index in [9.17, 15) is 14.7 Å². The van der Waals surface area contributed by atoms with Crippen molar-refractivity contribution in [3.63, 3.8) is 0 Å². The minimum atomic E-state index is -1.04. The van der Waals surface area contributed by atoms with Crippen LogP contribution in [0.15, 0.2) is 18.2 Å². The average Bonchev–Trinajstić information content (AvgIpc) is 2.93. The molecule has 1 aliphatic heterocycles. The van der Waals surface area contributed by atoms with Gasteiger partial charge in [0.1, 0.15) is 11.3 Å². The predicted molar refractivity (Wildman–Crippen MR) is 92.2 cm³/mol. The summed E-state index contributed by atoms with van der Waals surface area (Å²) in [5, 5.41) is 9.36. The molecule has 24 heavy (non-hydrogen) atoms. The summed E-state index contributed by atoms with van der Waals surface area (Å²) in [7, 11) is 0. The Labute approximate surface area is 143 Å². The number of carboxylic acids is 1.